The molecular weight excluding hydrogens is 538 g/mol. The molecule has 1 aliphatic rings. The van der Waals surface area contributed by atoms with Crippen LogP contribution in [-0.4, -0.2) is 40.8 Å². The van der Waals surface area contributed by atoms with Crippen molar-refractivity contribution in [3.63, 3.8) is 0 Å². The van der Waals surface area contributed by atoms with Crippen molar-refractivity contribution in [1.82, 2.24) is 4.98 Å². The first-order valence-corrected chi connectivity index (χ1v) is 15.9. The van der Waals surface area contributed by atoms with Crippen LogP contribution in [0.2, 0.25) is 0 Å². The molecule has 0 saturated carbocycles. The van der Waals surface area contributed by atoms with Crippen LogP contribution < -0.4 is 0 Å². The maximum absolute atomic E-state index is 12.7. The summed E-state index contributed by atoms with van der Waals surface area (Å²) >= 11 is 0. The van der Waals surface area contributed by atoms with Gasteiger partial charge in [-0.15, -0.1) is 0 Å². The molecule has 0 bridgehead atoms. The lowest BCUT2D eigenvalue weighted by atomic mass is 9.86. The van der Waals surface area contributed by atoms with Crippen LogP contribution in [0.3, 0.4) is 0 Å². The maximum Gasteiger partial charge on any atom is 0.334 e. The number of carbonyl (C=O) groups is 2. The summed E-state index contributed by atoms with van der Waals surface area (Å²) in [6.45, 7) is 10.4. The normalized spacial score (nSPS) is 18.0. The van der Waals surface area contributed by atoms with E-state index >= 15 is 0 Å². The fourth-order valence-corrected chi connectivity index (χ4v) is 6.12. The Kier molecular flexibility index (Phi) is 11.3. The monoisotopic (exact) mass is 587 g/mol. The molecule has 1 saturated heterocycles. The summed E-state index contributed by atoms with van der Waals surface area (Å²) in [7, 11) is 0. The van der Waals surface area contributed by atoms with Crippen LogP contribution in [-0.2, 0) is 38.3 Å². The molecule has 4 rings (SSSR count). The van der Waals surface area contributed by atoms with E-state index in [1.807, 2.05) is 6.08 Å². The number of ether oxygens (including phenoxy) is 2. The van der Waals surface area contributed by atoms with Gasteiger partial charge in [0.25, 0.3) is 0 Å². The predicted octanol–water partition coefficient (Wildman–Crippen LogP) is 7.44. The van der Waals surface area contributed by atoms with Crippen molar-refractivity contribution in [2.75, 3.05) is 13.2 Å². The lowest BCUT2D eigenvalue weighted by molar-refractivity contribution is -0.166. The number of esters is 2. The van der Waals surface area contributed by atoms with Crippen LogP contribution in [0.15, 0.2) is 60.2 Å². The van der Waals surface area contributed by atoms with Crippen molar-refractivity contribution in [3.8, 4) is 0 Å². The Balaban J connectivity index is 1.27. The predicted molar refractivity (Wildman–Crippen MR) is 172 cm³/mol. The summed E-state index contributed by atoms with van der Waals surface area (Å²) in [5.74, 6) is 0.869. The Hall–Kier alpha value is -3.38. The molecule has 1 atom stereocenters. The van der Waals surface area contributed by atoms with Crippen molar-refractivity contribution in [3.05, 3.63) is 82.6 Å². The summed E-state index contributed by atoms with van der Waals surface area (Å²) in [6, 6.07) is 17.2. The number of benzene rings is 2. The van der Waals surface area contributed by atoms with Crippen LogP contribution >= 0.6 is 0 Å². The smallest absolute Gasteiger partial charge is 0.334 e. The summed E-state index contributed by atoms with van der Waals surface area (Å²) < 4.78 is 11.1. The first-order valence-electron chi connectivity index (χ1n) is 15.9. The standard InChI is InChI=1S/C37H49NO5/c1-25(2)18-30(19-26(3)4)12-14-31-22-37(23-39,43-36(31)41)24-42-35(40)17-15-33-21-32-20-29(13-16-34(32)38-33)11-10-28-8-6-27(5)7-9-28/h6-9,13-14,16,20-21,25-26,30,38-39H,10-12,15,17-19,22-24H2,1-5H3/b31-14+/t37-/m1/s1. The first-order chi connectivity index (χ1) is 20.5. The van der Waals surface area contributed by atoms with Gasteiger partial charge in [-0.2, -0.15) is 0 Å². The first kappa shape index (κ1) is 32.5. The lowest BCUT2D eigenvalue weighted by Crippen LogP contribution is -2.39. The average molecular weight is 588 g/mol. The number of carbonyl (C=O) groups excluding carboxylic acids is 2. The molecule has 0 amide bonds. The van der Waals surface area contributed by atoms with Crippen molar-refractivity contribution < 1.29 is 24.2 Å². The topological polar surface area (TPSA) is 88.6 Å². The highest BCUT2D eigenvalue weighted by Crippen LogP contribution is 2.33. The molecule has 1 aliphatic heterocycles. The van der Waals surface area contributed by atoms with E-state index in [1.165, 1.54) is 16.7 Å². The minimum Gasteiger partial charge on any atom is -0.461 e. The zero-order valence-corrected chi connectivity index (χ0v) is 26.6. The van der Waals surface area contributed by atoms with Gasteiger partial charge in [-0.1, -0.05) is 69.7 Å². The second-order valence-electron chi connectivity index (χ2n) is 13.4. The molecule has 2 heterocycles. The van der Waals surface area contributed by atoms with Crippen LogP contribution in [0.25, 0.3) is 10.9 Å². The Morgan fingerprint density at radius 1 is 1.00 bits per heavy atom. The number of fused-ring (bicyclic) bond motifs is 1. The molecule has 1 aromatic heterocycles. The van der Waals surface area contributed by atoms with Gasteiger partial charge in [0.1, 0.15) is 6.61 Å². The molecule has 6 nitrogen and oxygen atoms in total. The highest BCUT2D eigenvalue weighted by atomic mass is 16.6. The molecule has 0 spiro atoms. The molecule has 2 aromatic carbocycles. The van der Waals surface area contributed by atoms with E-state index in [2.05, 4.69) is 88.1 Å². The van der Waals surface area contributed by atoms with Crippen molar-refractivity contribution >= 4 is 22.8 Å². The minimum atomic E-state index is -1.21. The highest BCUT2D eigenvalue weighted by molar-refractivity contribution is 5.91. The van der Waals surface area contributed by atoms with Crippen molar-refractivity contribution in [1.29, 1.82) is 0 Å². The number of aryl methyl sites for hydroxylation is 4. The van der Waals surface area contributed by atoms with E-state index in [-0.39, 0.29) is 32.0 Å². The number of hydrogen-bond acceptors (Lipinski definition) is 5. The van der Waals surface area contributed by atoms with Crippen molar-refractivity contribution in [2.24, 2.45) is 17.8 Å². The van der Waals surface area contributed by atoms with Crippen LogP contribution in [0.5, 0.6) is 0 Å². The van der Waals surface area contributed by atoms with E-state index in [0.29, 0.717) is 29.7 Å². The van der Waals surface area contributed by atoms with Crippen molar-refractivity contribution in [2.45, 2.75) is 91.6 Å². The Labute approximate surface area is 256 Å². The second-order valence-corrected chi connectivity index (χ2v) is 13.4. The highest BCUT2D eigenvalue weighted by Gasteiger charge is 2.44. The van der Waals surface area contributed by atoms with Crippen LogP contribution in [0, 0.1) is 24.7 Å². The van der Waals surface area contributed by atoms with Gasteiger partial charge in [0.2, 0.25) is 0 Å². The van der Waals surface area contributed by atoms with E-state index < -0.39 is 11.6 Å². The third kappa shape index (κ3) is 9.56. The summed E-state index contributed by atoms with van der Waals surface area (Å²) in [6.07, 6.45) is 7.90. The minimum absolute atomic E-state index is 0.149. The number of aliphatic hydroxyl groups excluding tert-OH is 1. The van der Waals surface area contributed by atoms with Gasteiger partial charge in [-0.3, -0.25) is 4.79 Å². The molecule has 6 heteroatoms. The fourth-order valence-electron chi connectivity index (χ4n) is 6.12. The van der Waals surface area contributed by atoms with Gasteiger partial charge in [-0.25, -0.2) is 4.79 Å². The largest absolute Gasteiger partial charge is 0.461 e. The zero-order chi connectivity index (χ0) is 31.0. The Morgan fingerprint density at radius 2 is 1.67 bits per heavy atom. The Morgan fingerprint density at radius 3 is 2.35 bits per heavy atom. The van der Waals surface area contributed by atoms with Crippen LogP contribution in [0.1, 0.15) is 82.2 Å². The fraction of sp³-hybridized carbons (Fsp3) is 0.514. The third-order valence-electron chi connectivity index (χ3n) is 8.34. The number of H-pyrrole nitrogens is 1. The number of cyclic esters (lactones) is 1. The van der Waals surface area contributed by atoms with Gasteiger partial charge in [0, 0.05) is 23.2 Å². The van der Waals surface area contributed by atoms with Crippen LogP contribution in [0.4, 0.5) is 0 Å². The molecule has 0 unspecified atom stereocenters. The van der Waals surface area contributed by atoms with E-state index in [1.54, 1.807) is 0 Å². The molecule has 1 fully saturated rings. The Bertz CT molecular complexity index is 1390. The molecule has 232 valence electrons. The average Bonchev–Trinajstić information content (AvgIpc) is 3.52. The maximum atomic E-state index is 12.7. The molecule has 0 aliphatic carbocycles. The SMILES string of the molecule is Cc1ccc(CCc2ccc3[nH]c(CCC(=O)OC[C@]4(CO)C/C(=C\CC(CC(C)C)CC(C)C)C(=O)O4)cc3c2)cc1. The quantitative estimate of drug-likeness (QED) is 0.143. The molecular formula is C37H49NO5. The number of rotatable bonds is 15. The summed E-state index contributed by atoms with van der Waals surface area (Å²) in [4.78, 5) is 28.7. The van der Waals surface area contributed by atoms with Gasteiger partial charge in [0.15, 0.2) is 5.60 Å². The number of aromatic amines is 1. The summed E-state index contributed by atoms with van der Waals surface area (Å²) in [5, 5.41) is 11.2. The van der Waals surface area contributed by atoms with Gasteiger partial charge in [-0.05, 0) is 97.9 Å². The number of aliphatic hydroxyl groups is 1. The number of aromatic nitrogens is 1. The van der Waals surface area contributed by atoms with Gasteiger partial charge in [0.05, 0.1) is 13.0 Å². The molecule has 43 heavy (non-hydrogen) atoms. The second kappa shape index (κ2) is 14.9. The number of nitrogens with one attached hydrogen (secondary N) is 1. The molecule has 2 N–H and O–H groups in total. The summed E-state index contributed by atoms with van der Waals surface area (Å²) in [5.41, 5.74) is 5.25. The number of hydrogen-bond donors (Lipinski definition) is 2. The van der Waals surface area contributed by atoms with Gasteiger partial charge >= 0.3 is 11.9 Å². The molecule has 0 radical (unpaired) electrons. The zero-order valence-electron chi connectivity index (χ0n) is 26.6. The lowest BCUT2D eigenvalue weighted by Gasteiger charge is -2.24. The number of allylic oxidation sites excluding steroid dienone is 1. The van der Waals surface area contributed by atoms with E-state index in [0.717, 1.165) is 48.7 Å². The third-order valence-corrected chi connectivity index (χ3v) is 8.34. The van der Waals surface area contributed by atoms with Gasteiger partial charge < -0.3 is 19.6 Å². The van der Waals surface area contributed by atoms with E-state index in [4.69, 9.17) is 9.47 Å². The van der Waals surface area contributed by atoms with E-state index in [9.17, 15) is 14.7 Å². The molecule has 3 aromatic rings.